The van der Waals surface area contributed by atoms with Crippen LogP contribution in [0.5, 0.6) is 5.75 Å². The summed E-state index contributed by atoms with van der Waals surface area (Å²) in [5.74, 6) is 2.33. The third-order valence-electron chi connectivity index (χ3n) is 5.28. The average molecular weight is 342 g/mol. The zero-order valence-corrected chi connectivity index (χ0v) is 14.6. The predicted molar refractivity (Wildman–Crippen MR) is 97.0 cm³/mol. The molecule has 2 aliphatic rings. The maximum Gasteiger partial charge on any atom is 0.257 e. The molecule has 1 fully saturated rings. The van der Waals surface area contributed by atoms with E-state index in [1.54, 1.807) is 0 Å². The number of fused-ring (bicyclic) bond motifs is 3. The summed E-state index contributed by atoms with van der Waals surface area (Å²) in [6, 6.07) is 5.85. The minimum Gasteiger partial charge on any atom is -0.484 e. The quantitative estimate of drug-likeness (QED) is 0.877. The molecule has 0 bridgehead atoms. The van der Waals surface area contributed by atoms with E-state index < -0.39 is 0 Å². The first-order chi connectivity index (χ1) is 12.3. The van der Waals surface area contributed by atoms with E-state index in [-0.39, 0.29) is 12.5 Å². The Hall–Kier alpha value is -2.01. The molecule has 1 atom stereocenters. The Morgan fingerprint density at radius 1 is 1.28 bits per heavy atom. The van der Waals surface area contributed by atoms with Crippen molar-refractivity contribution in [3.8, 4) is 5.75 Å². The Balaban J connectivity index is 1.33. The minimum absolute atomic E-state index is 0.0557. The molecule has 1 saturated heterocycles. The Kier molecular flexibility index (Phi) is 4.92. The first kappa shape index (κ1) is 16.5. The second-order valence-corrected chi connectivity index (χ2v) is 7.17. The first-order valence-electron chi connectivity index (χ1n) is 9.44. The van der Waals surface area contributed by atoms with E-state index in [1.165, 1.54) is 31.2 Å². The summed E-state index contributed by atoms with van der Waals surface area (Å²) in [5.41, 5.74) is 2.24. The number of aryl methyl sites for hydroxylation is 2. The second kappa shape index (κ2) is 7.48. The number of carbonyl (C=O) groups excluding carboxylic acids is 1. The lowest BCUT2D eigenvalue weighted by Crippen LogP contribution is -2.39. The smallest absolute Gasteiger partial charge is 0.257 e. The highest BCUT2D eigenvalue weighted by atomic mass is 16.5. The van der Waals surface area contributed by atoms with Crippen LogP contribution in [0.15, 0.2) is 22.6 Å². The third kappa shape index (κ3) is 3.82. The van der Waals surface area contributed by atoms with Crippen molar-refractivity contribution in [2.75, 3.05) is 26.2 Å². The van der Waals surface area contributed by atoms with Crippen molar-refractivity contribution in [2.45, 2.75) is 38.5 Å². The molecule has 1 aliphatic heterocycles. The van der Waals surface area contributed by atoms with Crippen LogP contribution in [0.3, 0.4) is 0 Å². The van der Waals surface area contributed by atoms with Gasteiger partial charge in [-0.05, 0) is 69.3 Å². The minimum atomic E-state index is -0.0557. The van der Waals surface area contributed by atoms with Gasteiger partial charge in [-0.3, -0.25) is 4.79 Å². The lowest BCUT2D eigenvalue weighted by Gasteiger charge is -2.22. The van der Waals surface area contributed by atoms with E-state index in [0.29, 0.717) is 5.92 Å². The molecular weight excluding hydrogens is 316 g/mol. The summed E-state index contributed by atoms with van der Waals surface area (Å²) in [7, 11) is 0. The molecule has 2 N–H and O–H groups in total. The molecule has 1 aromatic carbocycles. The molecule has 1 amide bonds. The van der Waals surface area contributed by atoms with Crippen LogP contribution in [0.2, 0.25) is 0 Å². The highest BCUT2D eigenvalue weighted by Gasteiger charge is 2.18. The number of carbonyl (C=O) groups is 1. The van der Waals surface area contributed by atoms with Gasteiger partial charge in [0.15, 0.2) is 6.61 Å². The van der Waals surface area contributed by atoms with E-state index in [0.717, 1.165) is 55.0 Å². The summed E-state index contributed by atoms with van der Waals surface area (Å²) in [5, 5.41) is 7.49. The summed E-state index contributed by atoms with van der Waals surface area (Å²) >= 11 is 0. The number of hydrogen-bond donors (Lipinski definition) is 2. The third-order valence-corrected chi connectivity index (χ3v) is 5.28. The van der Waals surface area contributed by atoms with Crippen molar-refractivity contribution in [3.05, 3.63) is 29.5 Å². The number of benzene rings is 1. The first-order valence-corrected chi connectivity index (χ1v) is 9.44. The van der Waals surface area contributed by atoms with Gasteiger partial charge in [0, 0.05) is 23.9 Å². The fraction of sp³-hybridized carbons (Fsp3) is 0.550. The maximum absolute atomic E-state index is 12.0. The molecule has 0 spiro atoms. The van der Waals surface area contributed by atoms with E-state index in [1.807, 2.05) is 18.2 Å². The molecule has 25 heavy (non-hydrogen) atoms. The Morgan fingerprint density at radius 2 is 2.20 bits per heavy atom. The highest BCUT2D eigenvalue weighted by Crippen LogP contribution is 2.33. The lowest BCUT2D eigenvalue weighted by molar-refractivity contribution is -0.123. The van der Waals surface area contributed by atoms with Gasteiger partial charge in [0.1, 0.15) is 17.1 Å². The lowest BCUT2D eigenvalue weighted by atomic mass is 9.96. The molecule has 5 heteroatoms. The number of hydrogen-bond acceptors (Lipinski definition) is 4. The topological polar surface area (TPSA) is 63.5 Å². The fourth-order valence-electron chi connectivity index (χ4n) is 3.89. The van der Waals surface area contributed by atoms with Gasteiger partial charge in [-0.2, -0.15) is 0 Å². The van der Waals surface area contributed by atoms with Crippen molar-refractivity contribution < 1.29 is 13.9 Å². The van der Waals surface area contributed by atoms with Gasteiger partial charge in [0.2, 0.25) is 0 Å². The van der Waals surface area contributed by atoms with Gasteiger partial charge >= 0.3 is 0 Å². The second-order valence-electron chi connectivity index (χ2n) is 7.17. The van der Waals surface area contributed by atoms with Crippen LogP contribution in [-0.2, 0) is 17.6 Å². The molecule has 4 rings (SSSR count). The monoisotopic (exact) mass is 342 g/mol. The summed E-state index contributed by atoms with van der Waals surface area (Å²) in [4.78, 5) is 12.0. The van der Waals surface area contributed by atoms with Crippen molar-refractivity contribution in [1.29, 1.82) is 0 Å². The zero-order valence-electron chi connectivity index (χ0n) is 14.6. The average Bonchev–Trinajstić information content (AvgIpc) is 3.03. The largest absolute Gasteiger partial charge is 0.484 e. The van der Waals surface area contributed by atoms with Crippen LogP contribution >= 0.6 is 0 Å². The van der Waals surface area contributed by atoms with Crippen LogP contribution in [0.1, 0.15) is 37.0 Å². The van der Waals surface area contributed by atoms with E-state index in [4.69, 9.17) is 9.15 Å². The number of ether oxygens (including phenoxy) is 1. The number of nitrogens with one attached hydrogen (secondary N) is 2. The molecule has 0 saturated carbocycles. The molecule has 2 aromatic rings. The summed E-state index contributed by atoms with van der Waals surface area (Å²) in [6.45, 7) is 2.87. The van der Waals surface area contributed by atoms with E-state index in [2.05, 4.69) is 10.6 Å². The van der Waals surface area contributed by atoms with E-state index in [9.17, 15) is 4.79 Å². The number of piperidine rings is 1. The zero-order chi connectivity index (χ0) is 17.1. The summed E-state index contributed by atoms with van der Waals surface area (Å²) < 4.78 is 11.6. The maximum atomic E-state index is 12.0. The molecule has 5 nitrogen and oxygen atoms in total. The van der Waals surface area contributed by atoms with Gasteiger partial charge in [-0.25, -0.2) is 0 Å². The fourth-order valence-corrected chi connectivity index (χ4v) is 3.89. The van der Waals surface area contributed by atoms with Crippen molar-refractivity contribution in [3.63, 3.8) is 0 Å². The Bertz CT molecular complexity index is 747. The molecule has 1 aromatic heterocycles. The van der Waals surface area contributed by atoms with Gasteiger partial charge in [0.05, 0.1) is 0 Å². The number of amides is 1. The molecule has 1 unspecified atom stereocenters. The SMILES string of the molecule is O=C(COc1ccc2oc3c(c2c1)CCCC3)NCC1CCCNC1. The normalized spacial score (nSPS) is 20.2. The standard InChI is InChI=1S/C20H26N2O3/c23-20(22-12-14-4-3-9-21-11-14)13-24-15-7-8-19-17(10-15)16-5-1-2-6-18(16)25-19/h7-8,10,14,21H,1-6,9,11-13H2,(H,22,23). The molecule has 134 valence electrons. The van der Waals surface area contributed by atoms with Crippen LogP contribution in [-0.4, -0.2) is 32.1 Å². The van der Waals surface area contributed by atoms with Gasteiger partial charge in [-0.1, -0.05) is 0 Å². The predicted octanol–water partition coefficient (Wildman–Crippen LogP) is 2.81. The van der Waals surface area contributed by atoms with E-state index >= 15 is 0 Å². The Labute approximate surface area is 148 Å². The van der Waals surface area contributed by atoms with Crippen LogP contribution < -0.4 is 15.4 Å². The number of furan rings is 1. The molecular formula is C20H26N2O3. The highest BCUT2D eigenvalue weighted by molar-refractivity contribution is 5.84. The van der Waals surface area contributed by atoms with Gasteiger partial charge < -0.3 is 19.8 Å². The molecule has 1 aliphatic carbocycles. The number of rotatable bonds is 5. The summed E-state index contributed by atoms with van der Waals surface area (Å²) in [6.07, 6.45) is 6.88. The van der Waals surface area contributed by atoms with Gasteiger partial charge in [0.25, 0.3) is 5.91 Å². The van der Waals surface area contributed by atoms with Crippen LogP contribution in [0.25, 0.3) is 11.0 Å². The molecule has 2 heterocycles. The Morgan fingerprint density at radius 3 is 3.08 bits per heavy atom. The molecule has 0 radical (unpaired) electrons. The van der Waals surface area contributed by atoms with Crippen LogP contribution in [0.4, 0.5) is 0 Å². The van der Waals surface area contributed by atoms with Crippen LogP contribution in [0, 0.1) is 5.92 Å². The van der Waals surface area contributed by atoms with Crippen molar-refractivity contribution in [2.24, 2.45) is 5.92 Å². The van der Waals surface area contributed by atoms with Gasteiger partial charge in [-0.15, -0.1) is 0 Å². The van der Waals surface area contributed by atoms with Crippen molar-refractivity contribution >= 4 is 16.9 Å². The van der Waals surface area contributed by atoms with Crippen molar-refractivity contribution in [1.82, 2.24) is 10.6 Å².